The largest absolute Gasteiger partial charge is 0.478 e. The number of carbonyl (C=O) groups is 2. The van der Waals surface area contributed by atoms with Gasteiger partial charge in [0.2, 0.25) is 5.91 Å². The Kier molecular flexibility index (Phi) is 5.59. The quantitative estimate of drug-likeness (QED) is 0.528. The van der Waals surface area contributed by atoms with E-state index in [2.05, 4.69) is 5.32 Å². The number of aryl methyl sites for hydroxylation is 1. The minimum atomic E-state index is -1.31. The first kappa shape index (κ1) is 20.6. The lowest BCUT2D eigenvalue weighted by Gasteiger charge is -2.08. The van der Waals surface area contributed by atoms with Gasteiger partial charge in [-0.3, -0.25) is 4.79 Å². The summed E-state index contributed by atoms with van der Waals surface area (Å²) in [5.74, 6) is -2.84. The van der Waals surface area contributed by atoms with Gasteiger partial charge in [0.25, 0.3) is 0 Å². The average molecular weight is 468 g/mol. The summed E-state index contributed by atoms with van der Waals surface area (Å²) in [5.41, 5.74) is 1.61. The van der Waals surface area contributed by atoms with E-state index in [1.165, 1.54) is 18.2 Å². The Morgan fingerprint density at radius 2 is 1.74 bits per heavy atom. The zero-order valence-electron chi connectivity index (χ0n) is 13.7. The Hall–Kier alpha value is -1.17. The Bertz CT molecular complexity index is 937. The zero-order valence-corrected chi connectivity index (χ0v) is 17.5. The van der Waals surface area contributed by atoms with E-state index in [1.54, 1.807) is 19.1 Å². The van der Waals surface area contributed by atoms with Gasteiger partial charge in [-0.15, -0.1) is 23.2 Å². The minimum Gasteiger partial charge on any atom is -0.478 e. The number of alkyl halides is 2. The molecule has 9 heteroatoms. The molecule has 0 saturated heterocycles. The fourth-order valence-corrected chi connectivity index (χ4v) is 4.40. The van der Waals surface area contributed by atoms with Crippen LogP contribution in [0.3, 0.4) is 0 Å². The van der Waals surface area contributed by atoms with Crippen LogP contribution in [0.2, 0.25) is 15.1 Å². The van der Waals surface area contributed by atoms with Crippen LogP contribution in [-0.4, -0.2) is 21.3 Å². The Morgan fingerprint density at radius 1 is 1.07 bits per heavy atom. The summed E-state index contributed by atoms with van der Waals surface area (Å²) in [6.07, 6.45) is 0. The molecular formula is C18H12Cl5NO3. The van der Waals surface area contributed by atoms with Crippen molar-refractivity contribution in [2.45, 2.75) is 17.2 Å². The van der Waals surface area contributed by atoms with Crippen molar-refractivity contribution < 1.29 is 14.7 Å². The van der Waals surface area contributed by atoms with Crippen LogP contribution >= 0.6 is 58.0 Å². The molecule has 27 heavy (non-hydrogen) atoms. The van der Waals surface area contributed by atoms with Crippen LogP contribution < -0.4 is 5.32 Å². The van der Waals surface area contributed by atoms with Crippen molar-refractivity contribution >= 4 is 75.6 Å². The highest BCUT2D eigenvalue weighted by atomic mass is 35.5. The van der Waals surface area contributed by atoms with Crippen LogP contribution in [0.4, 0.5) is 5.69 Å². The smallest absolute Gasteiger partial charge is 0.337 e. The molecule has 1 saturated carbocycles. The highest BCUT2D eigenvalue weighted by Crippen LogP contribution is 2.65. The summed E-state index contributed by atoms with van der Waals surface area (Å²) in [6, 6.07) is 7.59. The number of nitrogens with one attached hydrogen (secondary N) is 1. The van der Waals surface area contributed by atoms with E-state index < -0.39 is 28.0 Å². The molecule has 0 aromatic heterocycles. The molecule has 4 nitrogen and oxygen atoms in total. The molecule has 2 N–H and O–H groups in total. The SMILES string of the molecule is Cc1cc([C@H]2[C@H](C(=O)Nc3ccc(Cl)c(C(=O)O)c3)C2(Cl)Cl)cc(Cl)c1Cl. The third-order valence-corrected chi connectivity index (χ3v) is 6.56. The molecule has 2 aromatic rings. The van der Waals surface area contributed by atoms with Crippen LogP contribution in [0.25, 0.3) is 0 Å². The number of halogens is 5. The maximum atomic E-state index is 12.7. The fraction of sp³-hybridized carbons (Fsp3) is 0.222. The lowest BCUT2D eigenvalue weighted by atomic mass is 10.1. The molecule has 0 heterocycles. The fourth-order valence-electron chi connectivity index (χ4n) is 2.99. The van der Waals surface area contributed by atoms with Gasteiger partial charge in [-0.25, -0.2) is 4.79 Å². The van der Waals surface area contributed by atoms with E-state index in [0.29, 0.717) is 15.6 Å². The van der Waals surface area contributed by atoms with Gasteiger partial charge >= 0.3 is 5.97 Å². The number of hydrogen-bond acceptors (Lipinski definition) is 2. The first-order chi connectivity index (χ1) is 12.5. The predicted octanol–water partition coefficient (Wildman–Crippen LogP) is 6.18. The van der Waals surface area contributed by atoms with Crippen LogP contribution in [0, 0.1) is 12.8 Å². The van der Waals surface area contributed by atoms with Crippen molar-refractivity contribution in [2.75, 3.05) is 5.32 Å². The van der Waals surface area contributed by atoms with Crippen LogP contribution in [0.5, 0.6) is 0 Å². The summed E-state index contributed by atoms with van der Waals surface area (Å²) in [5, 5.41) is 12.6. The number of hydrogen-bond donors (Lipinski definition) is 2. The third kappa shape index (κ3) is 3.87. The van der Waals surface area contributed by atoms with E-state index in [4.69, 9.17) is 63.1 Å². The van der Waals surface area contributed by atoms with E-state index in [-0.39, 0.29) is 16.3 Å². The van der Waals surface area contributed by atoms with Crippen molar-refractivity contribution in [1.29, 1.82) is 0 Å². The summed E-state index contributed by atoms with van der Waals surface area (Å²) >= 11 is 30.7. The molecule has 0 radical (unpaired) electrons. The van der Waals surface area contributed by atoms with Gasteiger partial charge < -0.3 is 10.4 Å². The van der Waals surface area contributed by atoms with Gasteiger partial charge in [0.15, 0.2) is 0 Å². The molecule has 2 aromatic carbocycles. The van der Waals surface area contributed by atoms with Gasteiger partial charge in [-0.2, -0.15) is 0 Å². The topological polar surface area (TPSA) is 66.4 Å². The first-order valence-electron chi connectivity index (χ1n) is 7.71. The molecule has 2 atom stereocenters. The van der Waals surface area contributed by atoms with Crippen LogP contribution in [0.1, 0.15) is 27.4 Å². The van der Waals surface area contributed by atoms with Gasteiger partial charge in [-0.05, 0) is 42.3 Å². The van der Waals surface area contributed by atoms with Crippen molar-refractivity contribution in [1.82, 2.24) is 0 Å². The van der Waals surface area contributed by atoms with Crippen molar-refractivity contribution in [3.05, 3.63) is 62.1 Å². The van der Waals surface area contributed by atoms with Crippen molar-refractivity contribution in [3.63, 3.8) is 0 Å². The standard InChI is InChI=1S/C18H12Cl5NO3/c1-7-4-8(5-12(20)15(7)21)13-14(18(13,22)23)16(25)24-9-2-3-11(19)10(6-9)17(26)27/h2-6,13-14H,1H3,(H,24,25)(H,26,27)/t13-,14+/m0/s1. The lowest BCUT2D eigenvalue weighted by Crippen LogP contribution is -2.17. The highest BCUT2D eigenvalue weighted by Gasteiger charge is 2.67. The van der Waals surface area contributed by atoms with Gasteiger partial charge in [0, 0.05) is 11.6 Å². The summed E-state index contributed by atoms with van der Waals surface area (Å²) < 4.78 is -1.31. The first-order valence-corrected chi connectivity index (χ1v) is 9.60. The number of amides is 1. The summed E-state index contributed by atoms with van der Waals surface area (Å²) in [4.78, 5) is 23.8. The Balaban J connectivity index is 1.84. The van der Waals surface area contributed by atoms with E-state index in [1.807, 2.05) is 0 Å². The van der Waals surface area contributed by atoms with Crippen molar-refractivity contribution in [3.8, 4) is 0 Å². The second-order valence-corrected chi connectivity index (χ2v) is 8.89. The van der Waals surface area contributed by atoms with E-state index in [0.717, 1.165) is 5.56 Å². The predicted molar refractivity (Wildman–Crippen MR) is 109 cm³/mol. The molecule has 1 aliphatic carbocycles. The number of rotatable bonds is 4. The van der Waals surface area contributed by atoms with Crippen LogP contribution in [0.15, 0.2) is 30.3 Å². The number of carbonyl (C=O) groups excluding carboxylic acids is 1. The minimum absolute atomic E-state index is 0.0695. The number of carboxylic acid groups (broad SMARTS) is 1. The zero-order chi connectivity index (χ0) is 20.1. The number of benzene rings is 2. The second kappa shape index (κ2) is 7.34. The molecular weight excluding hydrogens is 455 g/mol. The molecule has 0 bridgehead atoms. The van der Waals surface area contributed by atoms with Crippen molar-refractivity contribution in [2.24, 2.45) is 5.92 Å². The third-order valence-electron chi connectivity index (χ3n) is 4.39. The average Bonchev–Trinajstić information content (AvgIpc) is 3.16. The molecule has 0 unspecified atom stereocenters. The summed E-state index contributed by atoms with van der Waals surface area (Å²) in [7, 11) is 0. The second-order valence-electron chi connectivity index (χ2n) is 6.25. The Morgan fingerprint density at radius 3 is 2.33 bits per heavy atom. The van der Waals surface area contributed by atoms with Gasteiger partial charge in [0.05, 0.1) is 26.5 Å². The van der Waals surface area contributed by atoms with Gasteiger partial charge in [-0.1, -0.05) is 40.9 Å². The normalized spacial score (nSPS) is 20.2. The molecule has 0 aliphatic heterocycles. The molecule has 3 rings (SSSR count). The highest BCUT2D eigenvalue weighted by molar-refractivity contribution is 6.53. The molecule has 142 valence electrons. The number of aromatic carboxylic acids is 1. The van der Waals surface area contributed by atoms with E-state index in [9.17, 15) is 9.59 Å². The molecule has 1 aliphatic rings. The molecule has 1 fully saturated rings. The van der Waals surface area contributed by atoms with Crippen LogP contribution in [-0.2, 0) is 4.79 Å². The number of anilines is 1. The van der Waals surface area contributed by atoms with Gasteiger partial charge in [0.1, 0.15) is 4.33 Å². The molecule has 0 spiro atoms. The van der Waals surface area contributed by atoms with E-state index >= 15 is 0 Å². The Labute approximate surface area is 180 Å². The monoisotopic (exact) mass is 465 g/mol. The lowest BCUT2D eigenvalue weighted by molar-refractivity contribution is -0.117. The maximum Gasteiger partial charge on any atom is 0.337 e. The number of carboxylic acids is 1. The summed E-state index contributed by atoms with van der Waals surface area (Å²) in [6.45, 7) is 1.79. The maximum absolute atomic E-state index is 12.7. The molecule has 1 amide bonds.